The number of carbonyl (C=O) groups excluding carboxylic acids is 1. The number of anilines is 3. The lowest BCUT2D eigenvalue weighted by Gasteiger charge is -2.12. The summed E-state index contributed by atoms with van der Waals surface area (Å²) >= 11 is 0. The van der Waals surface area contributed by atoms with Gasteiger partial charge in [-0.3, -0.25) is 4.79 Å². The number of methoxy groups -OCH3 is 1. The minimum absolute atomic E-state index is 0.264. The number of para-hydroxylation sites is 1. The third-order valence-electron chi connectivity index (χ3n) is 4.23. The Morgan fingerprint density at radius 3 is 2.48 bits per heavy atom. The predicted octanol–water partition coefficient (Wildman–Crippen LogP) is 4.35. The molecule has 1 aromatic heterocycles. The molecule has 1 heterocycles. The van der Waals surface area contributed by atoms with Gasteiger partial charge in [-0.15, -0.1) is 0 Å². The summed E-state index contributed by atoms with van der Waals surface area (Å²) in [6.45, 7) is 4.03. The third kappa shape index (κ3) is 4.41. The Morgan fingerprint density at radius 1 is 1.07 bits per heavy atom. The van der Waals surface area contributed by atoms with E-state index in [0.717, 1.165) is 34.7 Å². The highest BCUT2D eigenvalue weighted by Gasteiger charge is 2.12. The standard InChI is InChI=1S/C21H22N4O2/c1-4-15-7-5-6-14(2)20(15)25-21(26)18-12-23-19(13-22-18)24-16-8-10-17(27-3)11-9-16/h5-13H,4H2,1-3H3,(H,23,24)(H,25,26). The molecule has 0 spiro atoms. The van der Waals surface area contributed by atoms with Crippen molar-refractivity contribution in [3.63, 3.8) is 0 Å². The predicted molar refractivity (Wildman–Crippen MR) is 107 cm³/mol. The molecule has 0 saturated carbocycles. The van der Waals surface area contributed by atoms with Gasteiger partial charge in [0.2, 0.25) is 0 Å². The van der Waals surface area contributed by atoms with Crippen molar-refractivity contribution >= 4 is 23.1 Å². The SMILES string of the molecule is CCc1cccc(C)c1NC(=O)c1cnc(Nc2ccc(OC)cc2)cn1. The number of rotatable bonds is 6. The van der Waals surface area contributed by atoms with Crippen molar-refractivity contribution in [2.45, 2.75) is 20.3 Å². The molecular weight excluding hydrogens is 340 g/mol. The van der Waals surface area contributed by atoms with Gasteiger partial charge >= 0.3 is 0 Å². The van der Waals surface area contributed by atoms with E-state index in [1.165, 1.54) is 12.4 Å². The first-order valence-electron chi connectivity index (χ1n) is 8.73. The van der Waals surface area contributed by atoms with E-state index in [9.17, 15) is 4.79 Å². The molecule has 0 aliphatic carbocycles. The second-order valence-corrected chi connectivity index (χ2v) is 6.06. The second-order valence-electron chi connectivity index (χ2n) is 6.06. The molecule has 0 fully saturated rings. The van der Waals surface area contributed by atoms with Crippen LogP contribution in [0.15, 0.2) is 54.9 Å². The summed E-state index contributed by atoms with van der Waals surface area (Å²) < 4.78 is 5.13. The van der Waals surface area contributed by atoms with Crippen molar-refractivity contribution < 1.29 is 9.53 Å². The first kappa shape index (κ1) is 18.4. The van der Waals surface area contributed by atoms with Crippen molar-refractivity contribution in [3.05, 3.63) is 71.7 Å². The van der Waals surface area contributed by atoms with Gasteiger partial charge in [0.05, 0.1) is 19.5 Å². The maximum absolute atomic E-state index is 12.5. The fourth-order valence-electron chi connectivity index (χ4n) is 2.71. The number of nitrogens with one attached hydrogen (secondary N) is 2. The number of aryl methyl sites for hydroxylation is 2. The lowest BCUT2D eigenvalue weighted by Crippen LogP contribution is -2.16. The molecule has 0 atom stereocenters. The van der Waals surface area contributed by atoms with Gasteiger partial charge < -0.3 is 15.4 Å². The summed E-state index contributed by atoms with van der Waals surface area (Å²) in [5.74, 6) is 1.06. The smallest absolute Gasteiger partial charge is 0.275 e. The number of nitrogens with zero attached hydrogens (tertiary/aromatic N) is 2. The molecule has 0 aliphatic heterocycles. The Bertz CT molecular complexity index is 922. The van der Waals surface area contributed by atoms with Crippen LogP contribution in [0.2, 0.25) is 0 Å². The van der Waals surface area contributed by atoms with Crippen molar-refractivity contribution in [3.8, 4) is 5.75 Å². The van der Waals surface area contributed by atoms with Crippen molar-refractivity contribution in [2.24, 2.45) is 0 Å². The fraction of sp³-hybridized carbons (Fsp3) is 0.190. The van der Waals surface area contributed by atoms with Gasteiger partial charge in [0, 0.05) is 11.4 Å². The molecule has 3 rings (SSSR count). The van der Waals surface area contributed by atoms with E-state index in [4.69, 9.17) is 4.74 Å². The zero-order valence-corrected chi connectivity index (χ0v) is 15.6. The molecule has 0 aliphatic rings. The molecule has 0 unspecified atom stereocenters. The Labute approximate surface area is 158 Å². The molecule has 27 heavy (non-hydrogen) atoms. The maximum Gasteiger partial charge on any atom is 0.275 e. The van der Waals surface area contributed by atoms with Crippen LogP contribution in [0.25, 0.3) is 0 Å². The van der Waals surface area contributed by atoms with Crippen LogP contribution in [0.1, 0.15) is 28.5 Å². The lowest BCUT2D eigenvalue weighted by molar-refractivity contribution is 0.102. The number of hydrogen-bond acceptors (Lipinski definition) is 5. The molecule has 0 saturated heterocycles. The van der Waals surface area contributed by atoms with Crippen LogP contribution in [0.5, 0.6) is 5.75 Å². The van der Waals surface area contributed by atoms with E-state index in [0.29, 0.717) is 5.82 Å². The third-order valence-corrected chi connectivity index (χ3v) is 4.23. The van der Waals surface area contributed by atoms with Gasteiger partial charge in [0.1, 0.15) is 17.3 Å². The monoisotopic (exact) mass is 362 g/mol. The number of benzene rings is 2. The Morgan fingerprint density at radius 2 is 1.85 bits per heavy atom. The molecule has 6 heteroatoms. The van der Waals surface area contributed by atoms with Crippen molar-refractivity contribution in [1.29, 1.82) is 0 Å². The van der Waals surface area contributed by atoms with Crippen LogP contribution in [0.4, 0.5) is 17.2 Å². The second kappa shape index (κ2) is 8.31. The Kier molecular flexibility index (Phi) is 5.66. The van der Waals surface area contributed by atoms with E-state index in [2.05, 4.69) is 27.5 Å². The quantitative estimate of drug-likeness (QED) is 0.682. The summed E-state index contributed by atoms with van der Waals surface area (Å²) in [6, 6.07) is 13.4. The number of aromatic nitrogens is 2. The van der Waals surface area contributed by atoms with Crippen LogP contribution in [-0.2, 0) is 6.42 Å². The molecule has 138 valence electrons. The number of hydrogen-bond donors (Lipinski definition) is 2. The normalized spacial score (nSPS) is 10.3. The van der Waals surface area contributed by atoms with E-state index < -0.39 is 0 Å². The van der Waals surface area contributed by atoms with Crippen molar-refractivity contribution in [2.75, 3.05) is 17.7 Å². The van der Waals surface area contributed by atoms with Crippen LogP contribution >= 0.6 is 0 Å². The largest absolute Gasteiger partial charge is 0.497 e. The van der Waals surface area contributed by atoms with Crippen LogP contribution < -0.4 is 15.4 Å². The minimum atomic E-state index is -0.275. The number of amides is 1. The molecule has 2 aromatic carbocycles. The van der Waals surface area contributed by atoms with Gasteiger partial charge in [-0.1, -0.05) is 25.1 Å². The Balaban J connectivity index is 1.70. The topological polar surface area (TPSA) is 76.1 Å². The molecule has 1 amide bonds. The first-order chi connectivity index (χ1) is 13.1. The zero-order valence-electron chi connectivity index (χ0n) is 15.6. The molecule has 2 N–H and O–H groups in total. The molecular formula is C21H22N4O2. The highest BCUT2D eigenvalue weighted by molar-refractivity contribution is 6.03. The van der Waals surface area contributed by atoms with E-state index in [-0.39, 0.29) is 11.6 Å². The highest BCUT2D eigenvalue weighted by atomic mass is 16.5. The van der Waals surface area contributed by atoms with Crippen LogP contribution in [0.3, 0.4) is 0 Å². The van der Waals surface area contributed by atoms with Gasteiger partial charge in [0.15, 0.2) is 0 Å². The van der Waals surface area contributed by atoms with E-state index in [1.807, 2.05) is 49.4 Å². The maximum atomic E-state index is 12.5. The summed E-state index contributed by atoms with van der Waals surface area (Å²) in [7, 11) is 1.62. The lowest BCUT2D eigenvalue weighted by atomic mass is 10.1. The Hall–Kier alpha value is -3.41. The van der Waals surface area contributed by atoms with Crippen molar-refractivity contribution in [1.82, 2.24) is 9.97 Å². The minimum Gasteiger partial charge on any atom is -0.497 e. The molecule has 0 radical (unpaired) electrons. The van der Waals surface area contributed by atoms with E-state index in [1.54, 1.807) is 7.11 Å². The average molecular weight is 362 g/mol. The summed E-state index contributed by atoms with van der Waals surface area (Å²) in [6.07, 6.45) is 3.84. The van der Waals surface area contributed by atoms with E-state index >= 15 is 0 Å². The first-order valence-corrected chi connectivity index (χ1v) is 8.73. The number of ether oxygens (including phenoxy) is 1. The number of carbonyl (C=O) groups is 1. The van der Waals surface area contributed by atoms with Gasteiger partial charge in [-0.2, -0.15) is 0 Å². The molecule has 0 bridgehead atoms. The van der Waals surface area contributed by atoms with Crippen LogP contribution in [0, 0.1) is 6.92 Å². The summed E-state index contributed by atoms with van der Waals surface area (Å²) in [5.41, 5.74) is 4.07. The van der Waals surface area contributed by atoms with Crippen LogP contribution in [-0.4, -0.2) is 23.0 Å². The average Bonchev–Trinajstić information content (AvgIpc) is 2.70. The van der Waals surface area contributed by atoms with Gasteiger partial charge in [-0.25, -0.2) is 9.97 Å². The molecule has 6 nitrogen and oxygen atoms in total. The van der Waals surface area contributed by atoms with Gasteiger partial charge in [-0.05, 0) is 48.7 Å². The summed E-state index contributed by atoms with van der Waals surface area (Å²) in [5, 5.41) is 6.09. The zero-order chi connectivity index (χ0) is 19.2. The fourth-order valence-corrected chi connectivity index (χ4v) is 2.71. The summed E-state index contributed by atoms with van der Waals surface area (Å²) in [4.78, 5) is 21.0. The van der Waals surface area contributed by atoms with Gasteiger partial charge in [0.25, 0.3) is 5.91 Å². The molecule has 3 aromatic rings. The highest BCUT2D eigenvalue weighted by Crippen LogP contribution is 2.22.